The Balaban J connectivity index is 1.36. The number of hydrogen-bond donors (Lipinski definition) is 2. The van der Waals surface area contributed by atoms with Crippen LogP contribution in [0.4, 0.5) is 16.0 Å². The minimum atomic E-state index is -4.22. The van der Waals surface area contributed by atoms with E-state index in [-0.39, 0.29) is 32.8 Å². The number of pyridine rings is 2. The second kappa shape index (κ2) is 11.6. The topological polar surface area (TPSA) is 139 Å². The highest BCUT2D eigenvalue weighted by molar-refractivity contribution is 7.90. The van der Waals surface area contributed by atoms with Gasteiger partial charge in [0, 0.05) is 38.1 Å². The Morgan fingerprint density at radius 3 is 2.51 bits per heavy atom. The zero-order chi connectivity index (χ0) is 32.0. The van der Waals surface area contributed by atoms with Crippen molar-refractivity contribution in [2.75, 3.05) is 10.2 Å². The fourth-order valence-corrected chi connectivity index (χ4v) is 6.53. The maximum absolute atomic E-state index is 13.9. The van der Waals surface area contributed by atoms with Crippen LogP contribution in [0.1, 0.15) is 45.7 Å². The monoisotopic (exact) mass is 647 g/mol. The van der Waals surface area contributed by atoms with E-state index >= 15 is 0 Å². The number of amides is 1. The number of halogens is 2. The Morgan fingerprint density at radius 1 is 1.02 bits per heavy atom. The van der Waals surface area contributed by atoms with Crippen molar-refractivity contribution < 1.29 is 17.6 Å². The highest BCUT2D eigenvalue weighted by atomic mass is 35.5. The molecule has 5 aromatic rings. The van der Waals surface area contributed by atoms with Gasteiger partial charge >= 0.3 is 0 Å². The summed E-state index contributed by atoms with van der Waals surface area (Å²) in [7, 11) is -2.56. The summed E-state index contributed by atoms with van der Waals surface area (Å²) >= 11 is 6.11. The number of carbonyl (C=O) groups is 1. The predicted octanol–water partition coefficient (Wildman–Crippen LogP) is 4.64. The lowest BCUT2D eigenvalue weighted by molar-refractivity contribution is 0.0977. The van der Waals surface area contributed by atoms with Gasteiger partial charge in [-0.2, -0.15) is 0 Å². The standard InChI is InChI=1S/C31H27ClFN7O4S/c1-17-12-23(27-24(13-17)30(42)39(3)31(37-27)40-15-19-4-5-21(33)14-20(19)16-40)18(2)35-25-6-7-26(32)36-28(25)29(41)38-45(43,44)22-8-10-34-11-9-22/h4-14,18,35H,15-16H2,1-3H3,(H,38,41)/t18-/m1/s1. The Hall–Kier alpha value is -4.88. The molecule has 14 heteroatoms. The average Bonchev–Trinajstić information content (AvgIpc) is 3.42. The van der Waals surface area contributed by atoms with Crippen LogP contribution in [0.3, 0.4) is 0 Å². The third-order valence-electron chi connectivity index (χ3n) is 7.61. The van der Waals surface area contributed by atoms with Crippen LogP contribution in [0.25, 0.3) is 10.9 Å². The van der Waals surface area contributed by atoms with E-state index in [9.17, 15) is 22.4 Å². The molecule has 0 unspecified atom stereocenters. The van der Waals surface area contributed by atoms with E-state index in [1.165, 1.54) is 53.4 Å². The molecular formula is C31H27ClFN7O4S. The van der Waals surface area contributed by atoms with E-state index in [0.717, 1.165) is 16.7 Å². The highest BCUT2D eigenvalue weighted by Gasteiger charge is 2.26. The van der Waals surface area contributed by atoms with Gasteiger partial charge in [-0.1, -0.05) is 23.7 Å². The summed E-state index contributed by atoms with van der Waals surface area (Å²) < 4.78 is 43.1. The smallest absolute Gasteiger partial charge is 0.285 e. The van der Waals surface area contributed by atoms with Crippen molar-refractivity contribution in [2.45, 2.75) is 37.9 Å². The van der Waals surface area contributed by atoms with Crippen molar-refractivity contribution >= 4 is 50.1 Å². The molecule has 1 aliphatic heterocycles. The largest absolute Gasteiger partial charge is 0.377 e. The molecule has 3 aromatic heterocycles. The number of nitrogens with zero attached hydrogens (tertiary/aromatic N) is 5. The van der Waals surface area contributed by atoms with Gasteiger partial charge in [0.1, 0.15) is 11.0 Å². The highest BCUT2D eigenvalue weighted by Crippen LogP contribution is 2.32. The number of hydrogen-bond acceptors (Lipinski definition) is 9. The molecule has 0 radical (unpaired) electrons. The van der Waals surface area contributed by atoms with Crippen LogP contribution >= 0.6 is 11.6 Å². The Morgan fingerprint density at radius 2 is 1.76 bits per heavy atom. The molecule has 0 bridgehead atoms. The summed E-state index contributed by atoms with van der Waals surface area (Å²) in [6.45, 7) is 4.55. The maximum Gasteiger partial charge on any atom is 0.285 e. The van der Waals surface area contributed by atoms with Crippen LogP contribution in [-0.2, 0) is 30.2 Å². The SMILES string of the molecule is Cc1cc([C@@H](C)Nc2ccc(Cl)nc2C(=O)NS(=O)(=O)c2ccncc2)c2nc(N3Cc4ccc(F)cc4C3)n(C)c(=O)c2c1. The van der Waals surface area contributed by atoms with Gasteiger partial charge in [0.25, 0.3) is 21.5 Å². The van der Waals surface area contributed by atoms with Gasteiger partial charge in [-0.3, -0.25) is 19.1 Å². The van der Waals surface area contributed by atoms with E-state index < -0.39 is 22.0 Å². The van der Waals surface area contributed by atoms with Crippen molar-refractivity contribution in [3.63, 3.8) is 0 Å². The van der Waals surface area contributed by atoms with Crippen molar-refractivity contribution in [2.24, 2.45) is 7.05 Å². The first kappa shape index (κ1) is 30.2. The Kier molecular flexibility index (Phi) is 7.75. The van der Waals surface area contributed by atoms with Gasteiger partial charge in [-0.15, -0.1) is 0 Å². The molecule has 1 amide bonds. The third kappa shape index (κ3) is 5.83. The third-order valence-corrected chi connectivity index (χ3v) is 9.16. The molecule has 0 spiro atoms. The molecule has 0 saturated carbocycles. The molecule has 4 heterocycles. The zero-order valence-electron chi connectivity index (χ0n) is 24.4. The van der Waals surface area contributed by atoms with E-state index in [2.05, 4.69) is 15.3 Å². The van der Waals surface area contributed by atoms with Crippen molar-refractivity contribution in [3.8, 4) is 0 Å². The van der Waals surface area contributed by atoms with E-state index in [0.29, 0.717) is 35.5 Å². The van der Waals surface area contributed by atoms with Crippen LogP contribution in [0, 0.1) is 12.7 Å². The van der Waals surface area contributed by atoms with E-state index in [1.54, 1.807) is 19.2 Å². The summed E-state index contributed by atoms with van der Waals surface area (Å²) in [6.07, 6.45) is 2.60. The number of aromatic nitrogens is 4. The van der Waals surface area contributed by atoms with Crippen molar-refractivity contribution in [3.05, 3.63) is 116 Å². The molecule has 0 aliphatic carbocycles. The van der Waals surface area contributed by atoms with Crippen LogP contribution in [0.15, 0.2) is 76.7 Å². The number of carbonyl (C=O) groups excluding carboxylic acids is 1. The maximum atomic E-state index is 13.9. The number of anilines is 2. The number of benzene rings is 2. The molecule has 1 atom stereocenters. The van der Waals surface area contributed by atoms with Crippen molar-refractivity contribution in [1.29, 1.82) is 0 Å². The minimum absolute atomic E-state index is 0.0121. The first-order valence-corrected chi connectivity index (χ1v) is 15.7. The summed E-state index contributed by atoms with van der Waals surface area (Å²) in [5.41, 5.74) is 3.45. The fourth-order valence-electron chi connectivity index (χ4n) is 5.44. The summed E-state index contributed by atoms with van der Waals surface area (Å²) in [6, 6.07) is 13.3. The van der Waals surface area contributed by atoms with Gasteiger partial charge in [-0.25, -0.2) is 27.5 Å². The summed E-state index contributed by atoms with van der Waals surface area (Å²) in [4.78, 5) is 41.5. The number of nitrogens with one attached hydrogen (secondary N) is 2. The van der Waals surface area contributed by atoms with Crippen LogP contribution in [-0.4, -0.2) is 33.8 Å². The van der Waals surface area contributed by atoms with E-state index in [1.807, 2.05) is 29.5 Å². The lowest BCUT2D eigenvalue weighted by Gasteiger charge is -2.23. The molecular weight excluding hydrogens is 621 g/mol. The molecule has 2 N–H and O–H groups in total. The number of aryl methyl sites for hydroxylation is 1. The predicted molar refractivity (Wildman–Crippen MR) is 168 cm³/mol. The van der Waals surface area contributed by atoms with Gasteiger partial charge in [0.2, 0.25) is 5.95 Å². The first-order valence-electron chi connectivity index (χ1n) is 13.8. The van der Waals surface area contributed by atoms with Gasteiger partial charge < -0.3 is 10.2 Å². The molecule has 0 fully saturated rings. The number of fused-ring (bicyclic) bond motifs is 2. The molecule has 230 valence electrons. The number of rotatable bonds is 7. The van der Waals surface area contributed by atoms with Crippen LogP contribution in [0.5, 0.6) is 0 Å². The van der Waals surface area contributed by atoms with Gasteiger partial charge in [-0.05, 0) is 73.0 Å². The van der Waals surface area contributed by atoms with Crippen LogP contribution in [0.2, 0.25) is 5.15 Å². The normalized spacial score (nSPS) is 13.5. The molecule has 1 aliphatic rings. The molecule has 0 saturated heterocycles. The number of sulfonamides is 1. The van der Waals surface area contributed by atoms with E-state index in [4.69, 9.17) is 16.6 Å². The molecule has 45 heavy (non-hydrogen) atoms. The lowest BCUT2D eigenvalue weighted by Crippen LogP contribution is -2.32. The minimum Gasteiger partial charge on any atom is -0.377 e. The Bertz CT molecular complexity index is 2160. The Labute approximate surface area is 262 Å². The summed E-state index contributed by atoms with van der Waals surface area (Å²) in [5, 5.41) is 3.63. The lowest BCUT2D eigenvalue weighted by atomic mass is 10.0. The first-order chi connectivity index (χ1) is 21.4. The fraction of sp³-hybridized carbons (Fsp3) is 0.194. The summed E-state index contributed by atoms with van der Waals surface area (Å²) in [5.74, 6) is -0.887. The quantitative estimate of drug-likeness (QED) is 0.242. The van der Waals surface area contributed by atoms with Gasteiger partial charge in [0.15, 0.2) is 5.69 Å². The molecule has 11 nitrogen and oxygen atoms in total. The molecule has 2 aromatic carbocycles. The molecule has 6 rings (SSSR count). The van der Waals surface area contributed by atoms with Gasteiger partial charge in [0.05, 0.1) is 27.5 Å². The second-order valence-electron chi connectivity index (χ2n) is 10.8. The van der Waals surface area contributed by atoms with Crippen molar-refractivity contribution in [1.82, 2.24) is 24.2 Å². The average molecular weight is 648 g/mol. The zero-order valence-corrected chi connectivity index (χ0v) is 25.9. The second-order valence-corrected chi connectivity index (χ2v) is 12.9. The van der Waals surface area contributed by atoms with Crippen LogP contribution < -0.4 is 20.5 Å².